The summed E-state index contributed by atoms with van der Waals surface area (Å²) in [4.78, 5) is 4.67. The van der Waals surface area contributed by atoms with Crippen LogP contribution < -0.4 is 10.1 Å². The van der Waals surface area contributed by atoms with Gasteiger partial charge in [0.1, 0.15) is 17.4 Å². The summed E-state index contributed by atoms with van der Waals surface area (Å²) >= 11 is 0. The molecule has 5 aromatic rings. The van der Waals surface area contributed by atoms with Crippen LogP contribution in [0, 0.1) is 11.3 Å². The van der Waals surface area contributed by atoms with E-state index in [2.05, 4.69) is 31.7 Å². The van der Waals surface area contributed by atoms with Crippen LogP contribution >= 0.6 is 0 Å². The maximum atomic E-state index is 9.55. The molecule has 32 heavy (non-hydrogen) atoms. The van der Waals surface area contributed by atoms with Crippen molar-refractivity contribution in [3.05, 3.63) is 84.6 Å². The number of rotatable bonds is 5. The molecule has 0 aliphatic heterocycles. The lowest BCUT2D eigenvalue weighted by Gasteiger charge is -2.10. The smallest absolute Gasteiger partial charge is 0.156 e. The molecule has 0 amide bonds. The van der Waals surface area contributed by atoms with E-state index in [0.717, 1.165) is 27.9 Å². The summed E-state index contributed by atoms with van der Waals surface area (Å²) in [6, 6.07) is 25.1. The number of para-hydroxylation sites is 1. The van der Waals surface area contributed by atoms with Gasteiger partial charge in [-0.25, -0.2) is 4.98 Å². The van der Waals surface area contributed by atoms with Crippen molar-refractivity contribution in [3.8, 4) is 28.9 Å². The summed E-state index contributed by atoms with van der Waals surface area (Å²) in [6.07, 6.45) is 1.50. The van der Waals surface area contributed by atoms with Gasteiger partial charge in [-0.1, -0.05) is 18.2 Å². The first-order valence-corrected chi connectivity index (χ1v) is 9.84. The van der Waals surface area contributed by atoms with Crippen LogP contribution in [0.2, 0.25) is 0 Å². The van der Waals surface area contributed by atoms with Gasteiger partial charge in [0.15, 0.2) is 17.5 Å². The molecule has 0 spiro atoms. The van der Waals surface area contributed by atoms with E-state index in [-0.39, 0.29) is 0 Å². The number of anilines is 2. The van der Waals surface area contributed by atoms with Crippen molar-refractivity contribution in [1.82, 2.24) is 25.0 Å². The average Bonchev–Trinajstić information content (AvgIpc) is 3.26. The third-order valence-corrected chi connectivity index (χ3v) is 4.99. The van der Waals surface area contributed by atoms with E-state index in [0.29, 0.717) is 23.0 Å². The molecule has 0 radical (unpaired) electrons. The number of nitrogens with one attached hydrogen (secondary N) is 1. The van der Waals surface area contributed by atoms with Crippen LogP contribution in [0.3, 0.4) is 0 Å². The number of nitrogens with zero attached hydrogens (tertiary/aromatic N) is 6. The number of aromatic nitrogens is 5. The number of fused-ring (bicyclic) bond motifs is 1. The SMILES string of the molecule is COc1ccc(-c2ccc(Nc3c(C#N)cnn3-c3ccc4ccccc4n3)nn2)cc1. The van der Waals surface area contributed by atoms with E-state index in [1.54, 1.807) is 17.9 Å². The maximum Gasteiger partial charge on any atom is 0.156 e. The van der Waals surface area contributed by atoms with Crippen molar-refractivity contribution in [1.29, 1.82) is 5.26 Å². The van der Waals surface area contributed by atoms with Crippen molar-refractivity contribution in [2.75, 3.05) is 12.4 Å². The molecule has 0 atom stereocenters. The molecule has 0 aliphatic carbocycles. The van der Waals surface area contributed by atoms with Crippen LogP contribution in [0.1, 0.15) is 5.56 Å². The maximum absolute atomic E-state index is 9.55. The second kappa shape index (κ2) is 8.16. The van der Waals surface area contributed by atoms with E-state index in [4.69, 9.17) is 4.74 Å². The molecule has 2 aromatic carbocycles. The Kier molecular flexibility index (Phi) is 4.90. The van der Waals surface area contributed by atoms with Crippen LogP contribution in [0.25, 0.3) is 28.0 Å². The van der Waals surface area contributed by atoms with Crippen LogP contribution in [0.5, 0.6) is 5.75 Å². The monoisotopic (exact) mass is 419 g/mol. The highest BCUT2D eigenvalue weighted by Gasteiger charge is 2.15. The normalized spacial score (nSPS) is 10.6. The van der Waals surface area contributed by atoms with Crippen molar-refractivity contribution < 1.29 is 4.74 Å². The molecular weight excluding hydrogens is 402 g/mol. The third kappa shape index (κ3) is 3.59. The Morgan fingerprint density at radius 3 is 2.53 bits per heavy atom. The lowest BCUT2D eigenvalue weighted by Crippen LogP contribution is -2.06. The molecule has 5 rings (SSSR count). The van der Waals surface area contributed by atoms with Gasteiger partial charge in [-0.2, -0.15) is 15.0 Å². The van der Waals surface area contributed by atoms with Crippen LogP contribution in [0.4, 0.5) is 11.6 Å². The van der Waals surface area contributed by atoms with Crippen molar-refractivity contribution in [2.45, 2.75) is 0 Å². The predicted molar refractivity (Wildman–Crippen MR) is 121 cm³/mol. The zero-order valence-corrected chi connectivity index (χ0v) is 17.1. The van der Waals surface area contributed by atoms with Crippen LogP contribution in [-0.4, -0.2) is 32.1 Å². The minimum absolute atomic E-state index is 0.376. The summed E-state index contributed by atoms with van der Waals surface area (Å²) < 4.78 is 6.78. The third-order valence-electron chi connectivity index (χ3n) is 4.99. The Bertz CT molecular complexity index is 1430. The molecule has 154 valence electrons. The summed E-state index contributed by atoms with van der Waals surface area (Å²) in [5, 5.41) is 26.7. The summed E-state index contributed by atoms with van der Waals surface area (Å²) in [5.41, 5.74) is 2.87. The summed E-state index contributed by atoms with van der Waals surface area (Å²) in [5.74, 6) is 2.33. The van der Waals surface area contributed by atoms with Crippen molar-refractivity contribution in [2.24, 2.45) is 0 Å². The fourth-order valence-electron chi connectivity index (χ4n) is 3.33. The average molecular weight is 419 g/mol. The predicted octanol–water partition coefficient (Wildman–Crippen LogP) is 4.50. The quantitative estimate of drug-likeness (QED) is 0.447. The van der Waals surface area contributed by atoms with E-state index >= 15 is 0 Å². The minimum atomic E-state index is 0.376. The van der Waals surface area contributed by atoms with Crippen LogP contribution in [0.15, 0.2) is 79.0 Å². The first-order valence-electron chi connectivity index (χ1n) is 9.84. The molecule has 8 nitrogen and oxygen atoms in total. The zero-order valence-electron chi connectivity index (χ0n) is 17.1. The lowest BCUT2D eigenvalue weighted by atomic mass is 10.1. The standard InChI is InChI=1S/C24H17N7O/c1-32-19-9-6-17(7-10-19)21-11-12-22(30-29-21)28-24-18(14-25)15-26-31(24)23-13-8-16-4-2-3-5-20(16)27-23/h2-13,15H,1H3,(H,28,30). The number of benzene rings is 2. The first kappa shape index (κ1) is 19.2. The molecular formula is C24H17N7O. The van der Waals surface area contributed by atoms with Gasteiger partial charge in [0.25, 0.3) is 0 Å². The molecule has 3 aromatic heterocycles. The molecule has 0 saturated heterocycles. The second-order valence-electron chi connectivity index (χ2n) is 6.95. The van der Waals surface area contributed by atoms with Gasteiger partial charge in [0.2, 0.25) is 0 Å². The number of methoxy groups -OCH3 is 1. The minimum Gasteiger partial charge on any atom is -0.497 e. The molecule has 0 fully saturated rings. The molecule has 0 bridgehead atoms. The molecule has 0 saturated carbocycles. The van der Waals surface area contributed by atoms with Crippen LogP contribution in [-0.2, 0) is 0 Å². The van der Waals surface area contributed by atoms with Crippen molar-refractivity contribution >= 4 is 22.5 Å². The highest BCUT2D eigenvalue weighted by Crippen LogP contribution is 2.25. The molecule has 8 heteroatoms. The second-order valence-corrected chi connectivity index (χ2v) is 6.95. The fourth-order valence-corrected chi connectivity index (χ4v) is 3.33. The van der Waals surface area contributed by atoms with Gasteiger partial charge >= 0.3 is 0 Å². The van der Waals surface area contributed by atoms with Gasteiger partial charge in [-0.05, 0) is 54.6 Å². The van der Waals surface area contributed by atoms with Gasteiger partial charge in [-0.15, -0.1) is 10.2 Å². The molecule has 3 heterocycles. The number of hydrogen-bond donors (Lipinski definition) is 1. The molecule has 0 aliphatic rings. The first-order chi connectivity index (χ1) is 15.7. The zero-order chi connectivity index (χ0) is 21.9. The summed E-state index contributed by atoms with van der Waals surface area (Å²) in [7, 11) is 1.63. The number of ether oxygens (including phenoxy) is 1. The Labute approximate surface area is 183 Å². The summed E-state index contributed by atoms with van der Waals surface area (Å²) in [6.45, 7) is 0. The Balaban J connectivity index is 1.46. The fraction of sp³-hybridized carbons (Fsp3) is 0.0417. The van der Waals surface area contributed by atoms with Crippen molar-refractivity contribution in [3.63, 3.8) is 0 Å². The Morgan fingerprint density at radius 1 is 0.938 bits per heavy atom. The van der Waals surface area contributed by atoms with E-state index < -0.39 is 0 Å². The van der Waals surface area contributed by atoms with E-state index in [1.165, 1.54) is 6.20 Å². The van der Waals surface area contributed by atoms with Gasteiger partial charge in [0, 0.05) is 10.9 Å². The van der Waals surface area contributed by atoms with E-state index in [9.17, 15) is 5.26 Å². The van der Waals surface area contributed by atoms with Gasteiger partial charge in [0.05, 0.1) is 24.5 Å². The van der Waals surface area contributed by atoms with E-state index in [1.807, 2.05) is 66.7 Å². The number of nitriles is 1. The Hall–Kier alpha value is -4.77. The highest BCUT2D eigenvalue weighted by molar-refractivity contribution is 5.79. The van der Waals surface area contributed by atoms with Gasteiger partial charge in [-0.3, -0.25) is 0 Å². The topological polar surface area (TPSA) is 102 Å². The lowest BCUT2D eigenvalue weighted by molar-refractivity contribution is 0.415. The molecule has 1 N–H and O–H groups in total. The Morgan fingerprint density at radius 2 is 1.78 bits per heavy atom. The number of pyridine rings is 1. The molecule has 0 unspecified atom stereocenters. The highest BCUT2D eigenvalue weighted by atomic mass is 16.5. The van der Waals surface area contributed by atoms with Gasteiger partial charge < -0.3 is 10.1 Å². The largest absolute Gasteiger partial charge is 0.497 e. The number of hydrogen-bond acceptors (Lipinski definition) is 7.